The molecule has 8 nitrogen and oxygen atoms in total. The minimum atomic E-state index is -0.457. The molecule has 3 aromatic rings. The van der Waals surface area contributed by atoms with Crippen LogP contribution in [0.3, 0.4) is 0 Å². The molecule has 0 saturated carbocycles. The van der Waals surface area contributed by atoms with E-state index in [4.69, 9.17) is 4.98 Å². The molecule has 1 aliphatic heterocycles. The summed E-state index contributed by atoms with van der Waals surface area (Å²) in [7, 11) is 1.63. The van der Waals surface area contributed by atoms with Crippen molar-refractivity contribution in [3.8, 4) is 0 Å². The van der Waals surface area contributed by atoms with Gasteiger partial charge in [-0.15, -0.1) is 0 Å². The number of hydrogen-bond acceptors (Lipinski definition) is 5. The second-order valence-corrected chi connectivity index (χ2v) is 8.63. The third-order valence-corrected chi connectivity index (χ3v) is 5.89. The SMILES string of the molecule is CC(C)CCn1c(N2CCN(Cc3ccc(F)cc3)CC2)nc2c1c(=O)[nH]c(=O)n2C. The molecule has 9 heteroatoms. The van der Waals surface area contributed by atoms with Crippen LogP contribution >= 0.6 is 0 Å². The van der Waals surface area contributed by atoms with E-state index in [0.717, 1.165) is 50.7 Å². The molecule has 0 aliphatic carbocycles. The molecule has 2 aromatic heterocycles. The Kier molecular flexibility index (Phi) is 5.95. The van der Waals surface area contributed by atoms with Gasteiger partial charge in [0.1, 0.15) is 5.82 Å². The van der Waals surface area contributed by atoms with E-state index in [-0.39, 0.29) is 5.82 Å². The number of aromatic nitrogens is 4. The van der Waals surface area contributed by atoms with E-state index in [1.54, 1.807) is 7.05 Å². The van der Waals surface area contributed by atoms with Crippen molar-refractivity contribution in [1.29, 1.82) is 0 Å². The lowest BCUT2D eigenvalue weighted by Gasteiger charge is -2.35. The van der Waals surface area contributed by atoms with Gasteiger partial charge < -0.3 is 9.47 Å². The van der Waals surface area contributed by atoms with Crippen molar-refractivity contribution in [2.45, 2.75) is 33.4 Å². The zero-order valence-electron chi connectivity index (χ0n) is 18.3. The molecule has 1 fully saturated rings. The first-order valence-electron chi connectivity index (χ1n) is 10.7. The zero-order chi connectivity index (χ0) is 22.1. The van der Waals surface area contributed by atoms with Gasteiger partial charge in [-0.1, -0.05) is 26.0 Å². The number of fused-ring (bicyclic) bond motifs is 1. The highest BCUT2D eigenvalue weighted by Crippen LogP contribution is 2.22. The fourth-order valence-corrected chi connectivity index (χ4v) is 4.02. The maximum Gasteiger partial charge on any atom is 0.329 e. The Balaban J connectivity index is 1.59. The highest BCUT2D eigenvalue weighted by molar-refractivity contribution is 5.74. The summed E-state index contributed by atoms with van der Waals surface area (Å²) >= 11 is 0. The highest BCUT2D eigenvalue weighted by Gasteiger charge is 2.25. The summed E-state index contributed by atoms with van der Waals surface area (Å²) in [6.07, 6.45) is 0.908. The van der Waals surface area contributed by atoms with Crippen LogP contribution in [0.4, 0.5) is 10.3 Å². The van der Waals surface area contributed by atoms with E-state index in [2.05, 4.69) is 28.6 Å². The first-order chi connectivity index (χ1) is 14.8. The lowest BCUT2D eigenvalue weighted by atomic mass is 10.1. The number of rotatable bonds is 6. The molecule has 1 aliphatic rings. The average molecular weight is 429 g/mol. The van der Waals surface area contributed by atoms with Crippen LogP contribution in [0.5, 0.6) is 0 Å². The number of hydrogen-bond donors (Lipinski definition) is 1. The molecule has 1 N–H and O–H groups in total. The Hall–Kier alpha value is -2.94. The molecule has 0 radical (unpaired) electrons. The van der Waals surface area contributed by atoms with Crippen molar-refractivity contribution in [2.24, 2.45) is 13.0 Å². The zero-order valence-corrected chi connectivity index (χ0v) is 18.3. The Morgan fingerprint density at radius 2 is 1.77 bits per heavy atom. The number of halogens is 1. The molecule has 0 atom stereocenters. The van der Waals surface area contributed by atoms with Gasteiger partial charge in [-0.05, 0) is 30.0 Å². The van der Waals surface area contributed by atoms with Gasteiger partial charge in [0.25, 0.3) is 5.56 Å². The van der Waals surface area contributed by atoms with E-state index in [1.807, 2.05) is 16.7 Å². The van der Waals surface area contributed by atoms with Crippen molar-refractivity contribution in [1.82, 2.24) is 24.0 Å². The summed E-state index contributed by atoms with van der Waals surface area (Å²) < 4.78 is 16.5. The van der Waals surface area contributed by atoms with Crippen molar-refractivity contribution in [3.63, 3.8) is 0 Å². The molecule has 0 bridgehead atoms. The first kappa shape index (κ1) is 21.3. The molecule has 0 unspecified atom stereocenters. The summed E-state index contributed by atoms with van der Waals surface area (Å²) in [6.45, 7) is 8.92. The van der Waals surface area contributed by atoms with E-state index in [9.17, 15) is 14.0 Å². The Labute approximate surface area is 179 Å². The minimum absolute atomic E-state index is 0.224. The van der Waals surface area contributed by atoms with E-state index in [1.165, 1.54) is 16.7 Å². The number of piperazine rings is 1. The molecule has 1 aromatic carbocycles. The van der Waals surface area contributed by atoms with Gasteiger partial charge in [0.2, 0.25) is 5.95 Å². The van der Waals surface area contributed by atoms with Crippen LogP contribution in [0.25, 0.3) is 11.2 Å². The van der Waals surface area contributed by atoms with E-state index in [0.29, 0.717) is 23.6 Å². The third kappa shape index (κ3) is 4.41. The molecule has 0 spiro atoms. The summed E-state index contributed by atoms with van der Waals surface area (Å²) in [5.74, 6) is 0.992. The minimum Gasteiger partial charge on any atom is -0.340 e. The van der Waals surface area contributed by atoms with Gasteiger partial charge in [0, 0.05) is 46.3 Å². The van der Waals surface area contributed by atoms with Crippen LogP contribution in [0.15, 0.2) is 33.9 Å². The first-order valence-corrected chi connectivity index (χ1v) is 10.7. The number of anilines is 1. The second-order valence-electron chi connectivity index (χ2n) is 8.63. The quantitative estimate of drug-likeness (QED) is 0.649. The van der Waals surface area contributed by atoms with Crippen molar-refractivity contribution < 1.29 is 4.39 Å². The molecular formula is C22H29FN6O2. The topological polar surface area (TPSA) is 79.2 Å². The largest absolute Gasteiger partial charge is 0.340 e. The Morgan fingerprint density at radius 1 is 1.10 bits per heavy atom. The lowest BCUT2D eigenvalue weighted by Crippen LogP contribution is -2.46. The predicted molar refractivity (Wildman–Crippen MR) is 119 cm³/mol. The third-order valence-electron chi connectivity index (χ3n) is 5.89. The molecule has 4 rings (SSSR count). The standard InChI is InChI=1S/C22H29FN6O2/c1-15(2)8-9-29-18-19(26(3)22(31)25-20(18)30)24-21(29)28-12-10-27(11-13-28)14-16-4-6-17(23)7-5-16/h4-7,15H,8-14H2,1-3H3,(H,25,30,31). The van der Waals surface area contributed by atoms with Gasteiger partial charge >= 0.3 is 5.69 Å². The molecule has 1 saturated heterocycles. The van der Waals surface area contributed by atoms with Gasteiger partial charge in [-0.3, -0.25) is 19.2 Å². The number of H-pyrrole nitrogens is 1. The van der Waals surface area contributed by atoms with Gasteiger partial charge in [0.05, 0.1) is 0 Å². The highest BCUT2D eigenvalue weighted by atomic mass is 19.1. The van der Waals surface area contributed by atoms with Crippen molar-refractivity contribution >= 4 is 17.1 Å². The summed E-state index contributed by atoms with van der Waals surface area (Å²) in [4.78, 5) is 36.3. The number of imidazole rings is 1. The second kappa shape index (κ2) is 8.66. The maximum atomic E-state index is 13.1. The number of aryl methyl sites for hydroxylation is 2. The van der Waals surface area contributed by atoms with Gasteiger partial charge in [-0.25, -0.2) is 9.18 Å². The van der Waals surface area contributed by atoms with Crippen molar-refractivity contribution in [3.05, 3.63) is 56.5 Å². The van der Waals surface area contributed by atoms with E-state index < -0.39 is 11.2 Å². The van der Waals surface area contributed by atoms with Crippen LogP contribution in [0.1, 0.15) is 25.8 Å². The fraction of sp³-hybridized carbons (Fsp3) is 0.500. The van der Waals surface area contributed by atoms with Gasteiger partial charge in [0.15, 0.2) is 11.2 Å². The molecule has 3 heterocycles. The Bertz CT molecular complexity index is 1170. The number of nitrogens with zero attached hydrogens (tertiary/aromatic N) is 5. The molecule has 166 valence electrons. The van der Waals surface area contributed by atoms with E-state index >= 15 is 0 Å². The molecule has 0 amide bonds. The van der Waals surface area contributed by atoms with Crippen LogP contribution in [0.2, 0.25) is 0 Å². The van der Waals surface area contributed by atoms with Crippen LogP contribution < -0.4 is 16.1 Å². The molecule has 31 heavy (non-hydrogen) atoms. The van der Waals surface area contributed by atoms with Crippen LogP contribution in [0, 0.1) is 11.7 Å². The normalized spacial score (nSPS) is 15.3. The smallest absolute Gasteiger partial charge is 0.329 e. The van der Waals surface area contributed by atoms with Crippen LogP contribution in [-0.2, 0) is 20.1 Å². The summed E-state index contributed by atoms with van der Waals surface area (Å²) in [5.41, 5.74) is 1.10. The maximum absolute atomic E-state index is 13.1. The lowest BCUT2D eigenvalue weighted by molar-refractivity contribution is 0.248. The fourth-order valence-electron chi connectivity index (χ4n) is 4.02. The Morgan fingerprint density at radius 3 is 2.42 bits per heavy atom. The summed E-state index contributed by atoms with van der Waals surface area (Å²) in [5, 5.41) is 0. The monoisotopic (exact) mass is 428 g/mol. The summed E-state index contributed by atoms with van der Waals surface area (Å²) in [6, 6.07) is 6.62. The number of nitrogens with one attached hydrogen (secondary N) is 1. The van der Waals surface area contributed by atoms with Crippen LogP contribution in [-0.4, -0.2) is 50.2 Å². The van der Waals surface area contributed by atoms with Gasteiger partial charge in [-0.2, -0.15) is 4.98 Å². The predicted octanol–water partition coefficient (Wildman–Crippen LogP) is 1.93. The van der Waals surface area contributed by atoms with Crippen molar-refractivity contribution in [2.75, 3.05) is 31.1 Å². The molecular weight excluding hydrogens is 399 g/mol. The number of benzene rings is 1. The average Bonchev–Trinajstić information content (AvgIpc) is 3.13. The number of aromatic amines is 1.